The van der Waals surface area contributed by atoms with Crippen molar-refractivity contribution in [1.82, 2.24) is 0 Å². The molecule has 0 saturated heterocycles. The fraction of sp³-hybridized carbons (Fsp3) is 0. The molecule has 0 N–H and O–H groups in total. The Hall–Kier alpha value is -5.18. The SMILES string of the molecule is c1ccc(-c2coc3cc4sc5cc(-c6c7ccccc7c(-c7ccccc7)c7ccccc67)ccc5c4cc23)cc1. The average Bonchev–Trinajstić information content (AvgIpc) is 3.63. The first-order valence-corrected chi connectivity index (χ1v) is 15.1. The minimum absolute atomic E-state index is 0.932. The molecule has 0 aliphatic heterocycles. The number of benzene rings is 7. The van der Waals surface area contributed by atoms with Gasteiger partial charge in [0.2, 0.25) is 0 Å². The van der Waals surface area contributed by atoms with Gasteiger partial charge in [0.25, 0.3) is 0 Å². The zero-order valence-electron chi connectivity index (χ0n) is 22.7. The van der Waals surface area contributed by atoms with Crippen molar-refractivity contribution in [3.8, 4) is 33.4 Å². The van der Waals surface area contributed by atoms with Crippen LogP contribution >= 0.6 is 11.3 Å². The molecule has 0 radical (unpaired) electrons. The molecule has 0 fully saturated rings. The van der Waals surface area contributed by atoms with Gasteiger partial charge in [-0.25, -0.2) is 0 Å². The van der Waals surface area contributed by atoms with Crippen LogP contribution in [0.25, 0.3) is 86.1 Å². The smallest absolute Gasteiger partial charge is 0.135 e. The van der Waals surface area contributed by atoms with Crippen LogP contribution < -0.4 is 0 Å². The molecule has 0 amide bonds. The molecular weight excluding hydrogens is 529 g/mol. The monoisotopic (exact) mass is 552 g/mol. The van der Waals surface area contributed by atoms with Crippen LogP contribution in [-0.4, -0.2) is 0 Å². The van der Waals surface area contributed by atoms with Crippen molar-refractivity contribution in [2.45, 2.75) is 0 Å². The summed E-state index contributed by atoms with van der Waals surface area (Å²) in [6.07, 6.45) is 1.89. The molecule has 1 nitrogen and oxygen atoms in total. The van der Waals surface area contributed by atoms with Gasteiger partial charge in [0.1, 0.15) is 5.58 Å². The van der Waals surface area contributed by atoms with Gasteiger partial charge in [-0.3, -0.25) is 0 Å². The van der Waals surface area contributed by atoms with E-state index in [1.165, 1.54) is 69.5 Å². The van der Waals surface area contributed by atoms with Crippen LogP contribution in [0.15, 0.2) is 150 Å². The second kappa shape index (κ2) is 9.17. The molecule has 9 aromatic rings. The molecule has 196 valence electrons. The largest absolute Gasteiger partial charge is 0.464 e. The van der Waals surface area contributed by atoms with Crippen molar-refractivity contribution in [2.24, 2.45) is 0 Å². The zero-order valence-corrected chi connectivity index (χ0v) is 23.5. The first-order chi connectivity index (χ1) is 20.8. The Morgan fingerprint density at radius 2 is 0.929 bits per heavy atom. The first-order valence-electron chi connectivity index (χ1n) is 14.3. The molecule has 42 heavy (non-hydrogen) atoms. The van der Waals surface area contributed by atoms with Gasteiger partial charge in [-0.2, -0.15) is 0 Å². The predicted molar refractivity (Wildman–Crippen MR) is 180 cm³/mol. The van der Waals surface area contributed by atoms with Gasteiger partial charge < -0.3 is 4.42 Å². The molecule has 0 bridgehead atoms. The second-order valence-electron chi connectivity index (χ2n) is 10.9. The van der Waals surface area contributed by atoms with Gasteiger partial charge in [0.05, 0.1) is 6.26 Å². The van der Waals surface area contributed by atoms with Crippen molar-refractivity contribution < 1.29 is 4.42 Å². The second-order valence-corrected chi connectivity index (χ2v) is 12.0. The summed E-state index contributed by atoms with van der Waals surface area (Å²) in [5.74, 6) is 0. The highest BCUT2D eigenvalue weighted by Gasteiger charge is 2.18. The van der Waals surface area contributed by atoms with E-state index in [2.05, 4.69) is 140 Å². The molecular formula is C40H24OS. The van der Waals surface area contributed by atoms with Crippen LogP contribution in [0.5, 0.6) is 0 Å². The Bertz CT molecular complexity index is 2390. The Kier molecular flexibility index (Phi) is 5.13. The van der Waals surface area contributed by atoms with E-state index in [-0.39, 0.29) is 0 Å². The van der Waals surface area contributed by atoms with E-state index >= 15 is 0 Å². The number of hydrogen-bond acceptors (Lipinski definition) is 2. The summed E-state index contributed by atoms with van der Waals surface area (Å²) in [5, 5.41) is 8.84. The van der Waals surface area contributed by atoms with E-state index in [1.807, 2.05) is 17.6 Å². The summed E-state index contributed by atoms with van der Waals surface area (Å²) in [7, 11) is 0. The maximum absolute atomic E-state index is 6.05. The van der Waals surface area contributed by atoms with Crippen LogP contribution in [0.2, 0.25) is 0 Å². The van der Waals surface area contributed by atoms with E-state index in [4.69, 9.17) is 4.42 Å². The average molecular weight is 553 g/mol. The van der Waals surface area contributed by atoms with Crippen LogP contribution in [0.1, 0.15) is 0 Å². The van der Waals surface area contributed by atoms with Crippen LogP contribution in [0.3, 0.4) is 0 Å². The summed E-state index contributed by atoms with van der Waals surface area (Å²) in [6.45, 7) is 0. The van der Waals surface area contributed by atoms with Gasteiger partial charge >= 0.3 is 0 Å². The van der Waals surface area contributed by atoms with Crippen LogP contribution in [-0.2, 0) is 0 Å². The molecule has 9 rings (SSSR count). The van der Waals surface area contributed by atoms with E-state index in [0.717, 1.165) is 16.5 Å². The molecule has 0 unspecified atom stereocenters. The maximum Gasteiger partial charge on any atom is 0.135 e. The Morgan fingerprint density at radius 1 is 0.381 bits per heavy atom. The number of rotatable bonds is 3. The van der Waals surface area contributed by atoms with Crippen molar-refractivity contribution in [1.29, 1.82) is 0 Å². The van der Waals surface area contributed by atoms with Crippen molar-refractivity contribution in [3.63, 3.8) is 0 Å². The molecule has 0 saturated carbocycles. The highest BCUT2D eigenvalue weighted by molar-refractivity contribution is 7.25. The summed E-state index contributed by atoms with van der Waals surface area (Å²) in [5.41, 5.74) is 8.33. The minimum Gasteiger partial charge on any atom is -0.464 e. The van der Waals surface area contributed by atoms with Crippen LogP contribution in [0, 0.1) is 0 Å². The lowest BCUT2D eigenvalue weighted by Crippen LogP contribution is -1.90. The Balaban J connectivity index is 1.29. The molecule has 0 atom stereocenters. The number of hydrogen-bond donors (Lipinski definition) is 0. The summed E-state index contributed by atoms with van der Waals surface area (Å²) >= 11 is 1.84. The summed E-state index contributed by atoms with van der Waals surface area (Å²) in [4.78, 5) is 0. The van der Waals surface area contributed by atoms with Gasteiger partial charge in [0, 0.05) is 31.1 Å². The fourth-order valence-corrected chi connectivity index (χ4v) is 7.81. The lowest BCUT2D eigenvalue weighted by atomic mass is 9.86. The number of thiophene rings is 1. The highest BCUT2D eigenvalue weighted by Crippen LogP contribution is 2.46. The molecule has 7 aromatic carbocycles. The third-order valence-corrected chi connectivity index (χ3v) is 9.65. The van der Waals surface area contributed by atoms with E-state index in [0.29, 0.717) is 0 Å². The van der Waals surface area contributed by atoms with Gasteiger partial charge in [-0.05, 0) is 67.6 Å². The molecule has 0 aliphatic rings. The Labute approximate surface area is 246 Å². The highest BCUT2D eigenvalue weighted by atomic mass is 32.1. The van der Waals surface area contributed by atoms with E-state index in [1.54, 1.807) is 0 Å². The fourth-order valence-electron chi connectivity index (χ4n) is 6.65. The predicted octanol–water partition coefficient (Wildman–Crippen LogP) is 12.1. The quantitative estimate of drug-likeness (QED) is 0.199. The van der Waals surface area contributed by atoms with Crippen LogP contribution in [0.4, 0.5) is 0 Å². The summed E-state index contributed by atoms with van der Waals surface area (Å²) < 4.78 is 8.59. The van der Waals surface area contributed by atoms with Gasteiger partial charge in [-0.1, -0.05) is 121 Å². The Morgan fingerprint density at radius 3 is 1.57 bits per heavy atom. The molecule has 0 spiro atoms. The maximum atomic E-state index is 6.05. The number of furan rings is 1. The topological polar surface area (TPSA) is 13.1 Å². The normalized spacial score (nSPS) is 11.8. The third kappa shape index (κ3) is 3.49. The van der Waals surface area contributed by atoms with Gasteiger partial charge in [0.15, 0.2) is 0 Å². The summed E-state index contributed by atoms with van der Waals surface area (Å²) in [6, 6.07) is 50.5. The number of fused-ring (bicyclic) bond motifs is 6. The standard InChI is InChI=1S/C40H24OS/c1-3-11-25(12-4-1)35-24-41-36-23-38-34(22-33(35)36)28-20-19-27(21-37(28)42-38)40-31-17-9-7-15-29(31)39(26-13-5-2-6-14-26)30-16-8-10-18-32(30)40/h1-24H. The van der Waals surface area contributed by atoms with Gasteiger partial charge in [-0.15, -0.1) is 11.3 Å². The van der Waals surface area contributed by atoms with Crippen molar-refractivity contribution in [3.05, 3.63) is 146 Å². The first kappa shape index (κ1) is 23.5. The van der Waals surface area contributed by atoms with Crippen molar-refractivity contribution in [2.75, 3.05) is 0 Å². The lowest BCUT2D eigenvalue weighted by Gasteiger charge is -2.17. The molecule has 2 heteroatoms. The molecule has 2 heterocycles. The minimum atomic E-state index is 0.932. The molecule has 0 aliphatic carbocycles. The third-order valence-electron chi connectivity index (χ3n) is 8.53. The van der Waals surface area contributed by atoms with E-state index in [9.17, 15) is 0 Å². The lowest BCUT2D eigenvalue weighted by molar-refractivity contribution is 0.617. The zero-order chi connectivity index (χ0) is 27.6. The van der Waals surface area contributed by atoms with E-state index < -0.39 is 0 Å². The van der Waals surface area contributed by atoms with Crippen molar-refractivity contribution >= 4 is 64.0 Å². The molecule has 2 aromatic heterocycles.